The molecule has 0 amide bonds. The second-order valence-corrected chi connectivity index (χ2v) is 4.55. The highest BCUT2D eigenvalue weighted by molar-refractivity contribution is 7.85. The summed E-state index contributed by atoms with van der Waals surface area (Å²) in [6, 6.07) is 3.53. The molecule has 0 aliphatic rings. The first-order chi connectivity index (χ1) is 5.63. The summed E-state index contributed by atoms with van der Waals surface area (Å²) in [6.07, 6.45) is 0. The molecule has 12 heavy (non-hydrogen) atoms. The van der Waals surface area contributed by atoms with E-state index in [1.807, 2.05) is 5.38 Å². The van der Waals surface area contributed by atoms with E-state index in [2.05, 4.69) is 12.2 Å². The average Bonchev–Trinajstić information content (AvgIpc) is 2.37. The van der Waals surface area contributed by atoms with Crippen molar-refractivity contribution in [3.63, 3.8) is 0 Å². The molecule has 0 aliphatic heterocycles. The molecule has 1 rings (SSSR count). The minimum absolute atomic E-state index is 0.0540. The maximum absolute atomic E-state index is 10.8. The summed E-state index contributed by atoms with van der Waals surface area (Å²) in [5.74, 6) is 0. The van der Waals surface area contributed by atoms with Crippen molar-refractivity contribution in [3.05, 3.63) is 22.4 Å². The van der Waals surface area contributed by atoms with Gasteiger partial charge in [-0.15, -0.1) is 11.3 Å². The van der Waals surface area contributed by atoms with Crippen LogP contribution in [0.25, 0.3) is 0 Å². The molecule has 66 valence electrons. The number of thiocarbonyl (C=S) groups is 1. The van der Waals surface area contributed by atoms with Gasteiger partial charge in [0, 0.05) is 4.88 Å². The molecule has 0 fully saturated rings. The first kappa shape index (κ1) is 9.79. The van der Waals surface area contributed by atoms with Crippen LogP contribution in [0.4, 0.5) is 0 Å². The first-order valence-corrected chi connectivity index (χ1v) is 5.51. The molecule has 0 spiro atoms. The molecule has 3 nitrogen and oxygen atoms in total. The largest absolute Gasteiger partial charge is 0.392 e. The number of rotatable bonds is 3. The second kappa shape index (κ2) is 4.08. The van der Waals surface area contributed by atoms with Crippen LogP contribution < -0.4 is 5.73 Å². The monoisotopic (exact) mass is 221 g/mol. The molecule has 0 radical (unpaired) electrons. The Labute approximate surface area is 81.9 Å². The van der Waals surface area contributed by atoms with Gasteiger partial charge in [0.25, 0.3) is 0 Å². The molecule has 0 saturated heterocycles. The predicted molar refractivity (Wildman–Crippen MR) is 54.6 cm³/mol. The summed E-state index contributed by atoms with van der Waals surface area (Å²) in [5.41, 5.74) is 5.31. The van der Waals surface area contributed by atoms with Crippen molar-refractivity contribution in [1.29, 1.82) is 0 Å². The van der Waals surface area contributed by atoms with Crippen molar-refractivity contribution in [2.75, 3.05) is 0 Å². The van der Waals surface area contributed by atoms with Crippen molar-refractivity contribution in [2.24, 2.45) is 5.73 Å². The van der Waals surface area contributed by atoms with E-state index in [-0.39, 0.29) is 4.99 Å². The summed E-state index contributed by atoms with van der Waals surface area (Å²) >= 11 is 4.02. The van der Waals surface area contributed by atoms with Crippen LogP contribution in [0.15, 0.2) is 17.5 Å². The highest BCUT2D eigenvalue weighted by atomic mass is 32.2. The van der Waals surface area contributed by atoms with Crippen LogP contribution in [0, 0.1) is 0 Å². The maximum Gasteiger partial charge on any atom is 0.168 e. The van der Waals surface area contributed by atoms with Crippen LogP contribution in [0.5, 0.6) is 0 Å². The molecule has 1 heterocycles. The second-order valence-electron chi connectivity index (χ2n) is 2.07. The van der Waals surface area contributed by atoms with Crippen LogP contribution in [0.3, 0.4) is 0 Å². The fraction of sp³-hybridized carbons (Fsp3) is 0.167. The van der Waals surface area contributed by atoms with E-state index >= 15 is 0 Å². The summed E-state index contributed by atoms with van der Waals surface area (Å²) in [6.45, 7) is 0. The van der Waals surface area contributed by atoms with E-state index in [9.17, 15) is 4.21 Å². The van der Waals surface area contributed by atoms with Gasteiger partial charge in [0.2, 0.25) is 0 Å². The van der Waals surface area contributed by atoms with Gasteiger partial charge in [-0.25, -0.2) is 4.21 Å². The summed E-state index contributed by atoms with van der Waals surface area (Å²) in [4.78, 5) is 0.779. The van der Waals surface area contributed by atoms with Gasteiger partial charge in [0.15, 0.2) is 11.1 Å². The Kier molecular flexibility index (Phi) is 3.33. The molecule has 0 saturated carbocycles. The van der Waals surface area contributed by atoms with Crippen molar-refractivity contribution < 1.29 is 8.76 Å². The lowest BCUT2D eigenvalue weighted by atomic mass is 10.3. The van der Waals surface area contributed by atoms with Crippen LogP contribution in [0.1, 0.15) is 10.1 Å². The van der Waals surface area contributed by atoms with E-state index in [1.54, 1.807) is 12.1 Å². The van der Waals surface area contributed by atoms with E-state index in [0.717, 1.165) is 4.88 Å². The Morgan fingerprint density at radius 2 is 2.50 bits per heavy atom. The van der Waals surface area contributed by atoms with Crippen molar-refractivity contribution in [1.82, 2.24) is 0 Å². The van der Waals surface area contributed by atoms with Crippen LogP contribution >= 0.6 is 23.6 Å². The van der Waals surface area contributed by atoms with Gasteiger partial charge < -0.3 is 10.3 Å². The summed E-state index contributed by atoms with van der Waals surface area (Å²) in [7, 11) is 0. The highest BCUT2D eigenvalue weighted by Gasteiger charge is 2.21. The molecule has 2 atom stereocenters. The maximum atomic E-state index is 10.8. The van der Waals surface area contributed by atoms with E-state index < -0.39 is 16.3 Å². The van der Waals surface area contributed by atoms with Gasteiger partial charge in [0.05, 0.1) is 4.99 Å². The van der Waals surface area contributed by atoms with Crippen molar-refractivity contribution in [2.45, 2.75) is 5.25 Å². The lowest BCUT2D eigenvalue weighted by molar-refractivity contribution is 0.561. The lowest BCUT2D eigenvalue weighted by Gasteiger charge is -2.07. The minimum atomic E-state index is -2.02. The molecule has 3 N–H and O–H groups in total. The number of thiophene rings is 1. The van der Waals surface area contributed by atoms with Crippen LogP contribution in [0.2, 0.25) is 0 Å². The Morgan fingerprint density at radius 1 is 1.83 bits per heavy atom. The van der Waals surface area contributed by atoms with Crippen LogP contribution in [-0.2, 0) is 11.1 Å². The molecular weight excluding hydrogens is 214 g/mol. The number of nitrogens with two attached hydrogens (primary N) is 1. The molecule has 1 unspecified atom stereocenters. The molecule has 0 aliphatic carbocycles. The lowest BCUT2D eigenvalue weighted by Crippen LogP contribution is -2.22. The van der Waals surface area contributed by atoms with Gasteiger partial charge in [-0.1, -0.05) is 18.3 Å². The Balaban J connectivity index is 2.96. The molecular formula is C6H7NO2S3. The summed E-state index contributed by atoms with van der Waals surface area (Å²) in [5, 5.41) is 1.09. The van der Waals surface area contributed by atoms with Crippen LogP contribution in [-0.4, -0.2) is 13.8 Å². The summed E-state index contributed by atoms with van der Waals surface area (Å²) < 4.78 is 19.7. The standard InChI is InChI=1S/C6H7NO2S3/c7-6(10)5(12(8)9)4-2-1-3-11-4/h1-3,5H,(H2,7,10)(H,8,9)/t5-/m0/s1. The van der Waals surface area contributed by atoms with E-state index in [4.69, 9.17) is 10.3 Å². The normalized spacial score (nSPS) is 15.4. The molecule has 0 bridgehead atoms. The molecule has 1 aromatic rings. The third-order valence-corrected chi connectivity index (χ3v) is 3.64. The van der Waals surface area contributed by atoms with Gasteiger partial charge in [-0.3, -0.25) is 0 Å². The van der Waals surface area contributed by atoms with Gasteiger partial charge in [-0.05, 0) is 11.4 Å². The van der Waals surface area contributed by atoms with Gasteiger partial charge in [-0.2, -0.15) is 0 Å². The molecule has 1 aromatic heterocycles. The Bertz CT molecular complexity index is 282. The zero-order valence-electron chi connectivity index (χ0n) is 5.97. The first-order valence-electron chi connectivity index (χ1n) is 3.05. The Morgan fingerprint density at radius 3 is 2.83 bits per heavy atom. The quantitative estimate of drug-likeness (QED) is 0.596. The smallest absolute Gasteiger partial charge is 0.168 e. The van der Waals surface area contributed by atoms with Gasteiger partial charge >= 0.3 is 0 Å². The van der Waals surface area contributed by atoms with E-state index in [1.165, 1.54) is 11.3 Å². The predicted octanol–water partition coefficient (Wildman–Crippen LogP) is 1.30. The third-order valence-electron chi connectivity index (χ3n) is 1.26. The number of hydrogen-bond acceptors (Lipinski definition) is 3. The number of hydrogen-bond donors (Lipinski definition) is 2. The SMILES string of the molecule is NC(=S)[C@H](c1cccs1)S(=O)O. The zero-order chi connectivity index (χ0) is 9.14. The molecule has 0 aromatic carbocycles. The third kappa shape index (κ3) is 2.10. The van der Waals surface area contributed by atoms with Gasteiger partial charge in [0.1, 0.15) is 5.25 Å². The minimum Gasteiger partial charge on any atom is -0.392 e. The molecule has 6 heteroatoms. The highest BCUT2D eigenvalue weighted by Crippen LogP contribution is 2.23. The fourth-order valence-electron chi connectivity index (χ4n) is 0.779. The van der Waals surface area contributed by atoms with Crippen molar-refractivity contribution in [3.8, 4) is 0 Å². The topological polar surface area (TPSA) is 63.3 Å². The van der Waals surface area contributed by atoms with Crippen molar-refractivity contribution >= 4 is 39.6 Å². The fourth-order valence-corrected chi connectivity index (χ4v) is 2.84. The van der Waals surface area contributed by atoms with E-state index in [0.29, 0.717) is 0 Å². The Hall–Kier alpha value is -0.300. The average molecular weight is 221 g/mol. The zero-order valence-corrected chi connectivity index (χ0v) is 8.42.